The van der Waals surface area contributed by atoms with E-state index in [2.05, 4.69) is 5.32 Å². The summed E-state index contributed by atoms with van der Waals surface area (Å²) in [5.41, 5.74) is -6.84. The van der Waals surface area contributed by atoms with Gasteiger partial charge in [-0.05, 0) is 54.7 Å². The zero-order chi connectivity index (χ0) is 48.6. The lowest BCUT2D eigenvalue weighted by Crippen LogP contribution is -2.82. The summed E-state index contributed by atoms with van der Waals surface area (Å²) >= 11 is 0. The van der Waals surface area contributed by atoms with E-state index in [9.17, 15) is 34.5 Å². The second-order valence-corrected chi connectivity index (χ2v) is 18.7. The number of fused-ring (bicyclic) bond motifs is 5. The van der Waals surface area contributed by atoms with Crippen molar-refractivity contribution in [3.63, 3.8) is 0 Å². The van der Waals surface area contributed by atoms with Crippen LogP contribution in [0.15, 0.2) is 102 Å². The minimum absolute atomic E-state index is 0.00262. The van der Waals surface area contributed by atoms with Gasteiger partial charge in [0.25, 0.3) is 0 Å². The van der Waals surface area contributed by atoms with Crippen molar-refractivity contribution in [1.82, 2.24) is 5.32 Å². The van der Waals surface area contributed by atoms with Crippen LogP contribution in [0.4, 0.5) is 0 Å². The molecule has 1 saturated heterocycles. The smallest absolute Gasteiger partial charge is 0.350 e. The number of aliphatic hydroxyl groups is 3. The average molecular weight is 926 g/mol. The van der Waals surface area contributed by atoms with Gasteiger partial charge >= 0.3 is 29.8 Å². The van der Waals surface area contributed by atoms with Crippen LogP contribution in [0.25, 0.3) is 0 Å². The van der Waals surface area contributed by atoms with Crippen LogP contribution in [0, 0.1) is 16.7 Å². The first-order valence-electron chi connectivity index (χ1n) is 22.6. The molecule has 4 aliphatic rings. The zero-order valence-corrected chi connectivity index (χ0v) is 38.6. The van der Waals surface area contributed by atoms with Gasteiger partial charge in [0.05, 0.1) is 35.6 Å². The average Bonchev–Trinajstić information content (AvgIpc) is 3.29. The maximum Gasteiger partial charge on any atom is 0.350 e. The second kappa shape index (κ2) is 19.1. The number of ether oxygens (including phenoxy) is 6. The number of rotatable bonds is 14. The van der Waals surface area contributed by atoms with Crippen molar-refractivity contribution in [2.24, 2.45) is 16.7 Å². The molecule has 0 amide bonds. The van der Waals surface area contributed by atoms with Gasteiger partial charge in [-0.3, -0.25) is 24.5 Å². The van der Waals surface area contributed by atoms with E-state index in [0.29, 0.717) is 17.5 Å². The van der Waals surface area contributed by atoms with E-state index in [-0.39, 0.29) is 36.2 Å². The fraction of sp³-hybridized carbons (Fsp3) is 0.490. The van der Waals surface area contributed by atoms with E-state index < -0.39 is 119 Å². The summed E-state index contributed by atoms with van der Waals surface area (Å²) in [7, 11) is 0. The molecule has 358 valence electrons. The minimum Gasteiger partial charge on any atom is -0.455 e. The summed E-state index contributed by atoms with van der Waals surface area (Å²) in [6.45, 7) is 9.78. The van der Waals surface area contributed by atoms with Crippen LogP contribution < -0.4 is 5.32 Å². The Morgan fingerprint density at radius 2 is 1.45 bits per heavy atom. The van der Waals surface area contributed by atoms with Crippen molar-refractivity contribution in [2.75, 3.05) is 6.61 Å². The first kappa shape index (κ1) is 49.1. The van der Waals surface area contributed by atoms with Crippen LogP contribution in [0.1, 0.15) is 108 Å². The number of nitrogens with one attached hydrogen (secondary N) is 1. The Hall–Kier alpha value is -5.78. The third-order valence-electron chi connectivity index (χ3n) is 14.3. The molecular formula is C51H59NO15. The molecule has 1 heterocycles. The number of benzene rings is 3. The number of Topliss-reactive ketones (excluding diaryl/α,β-unsaturated/α-hetero) is 1. The quantitative estimate of drug-likeness (QED) is 0.0726. The third kappa shape index (κ3) is 8.81. The van der Waals surface area contributed by atoms with Crippen molar-refractivity contribution < 1.29 is 72.5 Å². The number of carbonyl (C=O) groups excluding carboxylic acids is 6. The molecule has 3 aromatic carbocycles. The summed E-state index contributed by atoms with van der Waals surface area (Å²) in [5.74, 6) is -6.92. The summed E-state index contributed by atoms with van der Waals surface area (Å²) in [5, 5.41) is 40.6. The Balaban J connectivity index is 1.42. The Kier molecular flexibility index (Phi) is 14.0. The predicted molar refractivity (Wildman–Crippen MR) is 237 cm³/mol. The van der Waals surface area contributed by atoms with Gasteiger partial charge in [0, 0.05) is 38.5 Å². The second-order valence-electron chi connectivity index (χ2n) is 18.7. The Morgan fingerprint density at radius 3 is 2.00 bits per heavy atom. The van der Waals surface area contributed by atoms with Crippen molar-refractivity contribution in [3.8, 4) is 0 Å². The van der Waals surface area contributed by atoms with Gasteiger partial charge in [-0.2, -0.15) is 0 Å². The lowest BCUT2D eigenvalue weighted by Gasteiger charge is -2.67. The Bertz CT molecular complexity index is 2390. The molecule has 12 unspecified atom stereocenters. The maximum absolute atomic E-state index is 15.7. The van der Waals surface area contributed by atoms with Gasteiger partial charge in [0.2, 0.25) is 6.10 Å². The molecule has 3 aliphatic carbocycles. The third-order valence-corrected chi connectivity index (χ3v) is 14.3. The van der Waals surface area contributed by atoms with Gasteiger partial charge in [-0.25, -0.2) is 9.59 Å². The molecular weight excluding hydrogens is 867 g/mol. The summed E-state index contributed by atoms with van der Waals surface area (Å²) in [6.07, 6.45) is -11.4. The van der Waals surface area contributed by atoms with Crippen molar-refractivity contribution in [2.45, 2.75) is 134 Å². The SMILES string of the molecule is CCCC(=O)OC(C(=O)OC1CC2(O)C(OC(=O)c3ccccc3)C3C4(OC(C)=O)COC4CC(O)C3(C)C(=O)C(OC(C)=O)C(=C1C)C2(C)C)C(NC(O)c1ccccc1)c1ccccc1. The van der Waals surface area contributed by atoms with Gasteiger partial charge < -0.3 is 43.7 Å². The highest BCUT2D eigenvalue weighted by Gasteiger charge is 2.78. The highest BCUT2D eigenvalue weighted by atomic mass is 16.6. The van der Waals surface area contributed by atoms with Crippen LogP contribution in [-0.2, 0) is 52.4 Å². The van der Waals surface area contributed by atoms with Gasteiger partial charge in [0.1, 0.15) is 30.1 Å². The normalized spacial score (nSPS) is 30.9. The van der Waals surface area contributed by atoms with E-state index in [1.165, 1.54) is 19.1 Å². The molecule has 0 radical (unpaired) electrons. The molecule has 16 nitrogen and oxygen atoms in total. The first-order chi connectivity index (χ1) is 31.7. The Labute approximate surface area is 388 Å². The lowest BCUT2D eigenvalue weighted by atomic mass is 9.44. The van der Waals surface area contributed by atoms with Crippen molar-refractivity contribution in [3.05, 3.63) is 119 Å². The number of esters is 5. The largest absolute Gasteiger partial charge is 0.455 e. The van der Waals surface area contributed by atoms with Gasteiger partial charge in [-0.15, -0.1) is 0 Å². The van der Waals surface area contributed by atoms with E-state index in [4.69, 9.17) is 28.4 Å². The predicted octanol–water partition coefficient (Wildman–Crippen LogP) is 4.94. The van der Waals surface area contributed by atoms with Gasteiger partial charge in [0.15, 0.2) is 17.5 Å². The van der Waals surface area contributed by atoms with E-state index in [1.54, 1.807) is 107 Å². The number of aliphatic hydroxyl groups excluding tert-OH is 2. The van der Waals surface area contributed by atoms with E-state index in [0.717, 1.165) is 13.8 Å². The molecule has 4 N–H and O–H groups in total. The molecule has 0 spiro atoms. The molecule has 0 aromatic heterocycles. The highest BCUT2D eigenvalue weighted by molar-refractivity contribution is 5.95. The zero-order valence-electron chi connectivity index (χ0n) is 38.6. The molecule has 67 heavy (non-hydrogen) atoms. The first-order valence-corrected chi connectivity index (χ1v) is 22.6. The fourth-order valence-corrected chi connectivity index (χ4v) is 10.8. The molecule has 3 fully saturated rings. The molecule has 12 atom stereocenters. The highest BCUT2D eigenvalue weighted by Crippen LogP contribution is 2.64. The topological polar surface area (TPSA) is 231 Å². The Morgan fingerprint density at radius 1 is 0.851 bits per heavy atom. The minimum atomic E-state index is -2.42. The van der Waals surface area contributed by atoms with E-state index >= 15 is 9.59 Å². The van der Waals surface area contributed by atoms with Crippen LogP contribution in [0.5, 0.6) is 0 Å². The van der Waals surface area contributed by atoms with Crippen LogP contribution in [-0.4, -0.2) is 105 Å². The number of ketones is 1. The molecule has 1 aliphatic heterocycles. The lowest BCUT2D eigenvalue weighted by molar-refractivity contribution is -0.346. The molecule has 2 bridgehead atoms. The standard InChI is InChI=1S/C51H59NO15/c1-8-18-37(56)65-41(39(31-19-12-9-13-20-31)52-45(58)32-21-14-10-15-22-32)47(60)64-34-26-51(61)44(66-46(59)33-23-16-11-17-24-33)42-49(7,35(55)25-36-50(42,27-62-36)67-30(4)54)43(57)40(63-29(3)53)38(28(34)2)48(51,5)6/h9-17,19-24,34-36,39-42,44-45,52,55,58,61H,8,18,25-27H2,1-7H3. The number of hydrogen-bond donors (Lipinski definition) is 4. The number of hydrogen-bond acceptors (Lipinski definition) is 16. The molecule has 16 heteroatoms. The summed E-state index contributed by atoms with van der Waals surface area (Å²) < 4.78 is 36.7. The number of carbonyl (C=O) groups is 6. The van der Waals surface area contributed by atoms with E-state index in [1.807, 2.05) is 0 Å². The van der Waals surface area contributed by atoms with Crippen LogP contribution >= 0.6 is 0 Å². The van der Waals surface area contributed by atoms with Crippen molar-refractivity contribution >= 4 is 35.6 Å². The fourth-order valence-electron chi connectivity index (χ4n) is 10.8. The van der Waals surface area contributed by atoms with Gasteiger partial charge in [-0.1, -0.05) is 99.6 Å². The van der Waals surface area contributed by atoms with Crippen LogP contribution in [0.3, 0.4) is 0 Å². The monoisotopic (exact) mass is 925 g/mol. The molecule has 2 saturated carbocycles. The maximum atomic E-state index is 15.7. The summed E-state index contributed by atoms with van der Waals surface area (Å²) in [4.78, 5) is 84.8. The summed E-state index contributed by atoms with van der Waals surface area (Å²) in [6, 6.07) is 23.7. The molecule has 3 aromatic rings. The van der Waals surface area contributed by atoms with Crippen LogP contribution in [0.2, 0.25) is 0 Å². The molecule has 7 rings (SSSR count). The van der Waals surface area contributed by atoms with Crippen molar-refractivity contribution in [1.29, 1.82) is 0 Å².